The molecule has 0 bridgehead atoms. The molecule has 56 heavy (non-hydrogen) atoms. The van der Waals surface area contributed by atoms with E-state index in [1.165, 1.54) is 212 Å². The van der Waals surface area contributed by atoms with Crippen molar-refractivity contribution in [3.8, 4) is 0 Å². The molecule has 0 aromatic carbocycles. The molecule has 4 nitrogen and oxygen atoms in total. The molecule has 0 aliphatic heterocycles. The molecule has 1 amide bonds. The molecule has 0 aliphatic carbocycles. The minimum absolute atomic E-state index is 0.0752. The quantitative estimate of drug-likeness (QED) is 0.0425. The summed E-state index contributed by atoms with van der Waals surface area (Å²) in [4.78, 5) is 12.4. The lowest BCUT2D eigenvalue weighted by Crippen LogP contribution is -2.45. The Morgan fingerprint density at radius 2 is 0.696 bits per heavy atom. The number of unbranched alkanes of at least 4 members (excludes halogenated alkanes) is 35. The fraction of sp³-hybridized carbons (Fsp3) is 0.865. The van der Waals surface area contributed by atoms with Crippen LogP contribution in [0.15, 0.2) is 36.5 Å². The first-order valence-electron chi connectivity index (χ1n) is 25.2. The third-order valence-corrected chi connectivity index (χ3v) is 11.6. The predicted molar refractivity (Wildman–Crippen MR) is 248 cm³/mol. The molecule has 0 aromatic heterocycles. The van der Waals surface area contributed by atoms with Crippen LogP contribution in [0.2, 0.25) is 0 Å². The van der Waals surface area contributed by atoms with E-state index in [2.05, 4.69) is 43.5 Å². The van der Waals surface area contributed by atoms with Crippen molar-refractivity contribution in [3.05, 3.63) is 36.5 Å². The zero-order valence-corrected chi connectivity index (χ0v) is 37.9. The Bertz CT molecular complexity index is 851. The van der Waals surface area contributed by atoms with Gasteiger partial charge >= 0.3 is 0 Å². The van der Waals surface area contributed by atoms with Gasteiger partial charge in [-0.1, -0.05) is 262 Å². The first-order chi connectivity index (χ1) is 27.7. The molecule has 330 valence electrons. The van der Waals surface area contributed by atoms with Crippen LogP contribution in [-0.2, 0) is 4.79 Å². The largest absolute Gasteiger partial charge is 0.394 e. The van der Waals surface area contributed by atoms with E-state index in [1.807, 2.05) is 6.08 Å². The van der Waals surface area contributed by atoms with Gasteiger partial charge in [0.05, 0.1) is 18.8 Å². The van der Waals surface area contributed by atoms with Crippen LogP contribution in [0.3, 0.4) is 0 Å². The number of aliphatic hydroxyl groups is 2. The van der Waals surface area contributed by atoms with Crippen LogP contribution < -0.4 is 5.32 Å². The zero-order valence-electron chi connectivity index (χ0n) is 37.9. The van der Waals surface area contributed by atoms with Gasteiger partial charge in [0.1, 0.15) is 0 Å². The number of carbonyl (C=O) groups is 1. The summed E-state index contributed by atoms with van der Waals surface area (Å²) in [6, 6.07) is -0.642. The van der Waals surface area contributed by atoms with Crippen LogP contribution in [0.4, 0.5) is 0 Å². The summed E-state index contributed by atoms with van der Waals surface area (Å²) in [7, 11) is 0. The van der Waals surface area contributed by atoms with Crippen molar-refractivity contribution in [2.75, 3.05) is 6.61 Å². The van der Waals surface area contributed by atoms with Crippen molar-refractivity contribution in [2.45, 2.75) is 283 Å². The maximum atomic E-state index is 12.4. The summed E-state index contributed by atoms with van der Waals surface area (Å²) < 4.78 is 0. The highest BCUT2D eigenvalue weighted by atomic mass is 16.3. The molecule has 0 fully saturated rings. The Morgan fingerprint density at radius 3 is 1.02 bits per heavy atom. The Hall–Kier alpha value is -1.39. The molecule has 0 radical (unpaired) electrons. The van der Waals surface area contributed by atoms with Crippen molar-refractivity contribution >= 4 is 5.91 Å². The normalized spacial score (nSPS) is 13.1. The number of amides is 1. The summed E-state index contributed by atoms with van der Waals surface area (Å²) in [6.07, 6.45) is 64.5. The van der Waals surface area contributed by atoms with Gasteiger partial charge in [0.15, 0.2) is 0 Å². The van der Waals surface area contributed by atoms with Crippen molar-refractivity contribution in [2.24, 2.45) is 0 Å². The van der Waals surface area contributed by atoms with Gasteiger partial charge in [-0.2, -0.15) is 0 Å². The van der Waals surface area contributed by atoms with E-state index < -0.39 is 12.1 Å². The zero-order chi connectivity index (χ0) is 40.7. The van der Waals surface area contributed by atoms with Crippen molar-refractivity contribution < 1.29 is 15.0 Å². The maximum Gasteiger partial charge on any atom is 0.220 e. The number of carbonyl (C=O) groups excluding carboxylic acids is 1. The summed E-state index contributed by atoms with van der Waals surface area (Å²) in [5, 5.41) is 22.9. The highest BCUT2D eigenvalue weighted by Crippen LogP contribution is 2.17. The highest BCUT2D eigenvalue weighted by molar-refractivity contribution is 5.76. The summed E-state index contributed by atoms with van der Waals surface area (Å²) >= 11 is 0. The van der Waals surface area contributed by atoms with E-state index in [4.69, 9.17) is 0 Å². The van der Waals surface area contributed by atoms with Crippen LogP contribution in [-0.4, -0.2) is 34.9 Å². The number of aliphatic hydroxyl groups excluding tert-OH is 2. The van der Waals surface area contributed by atoms with Crippen LogP contribution in [0, 0.1) is 0 Å². The molecule has 0 aliphatic rings. The van der Waals surface area contributed by atoms with Gasteiger partial charge in [0, 0.05) is 6.42 Å². The maximum absolute atomic E-state index is 12.4. The lowest BCUT2D eigenvalue weighted by molar-refractivity contribution is -0.123. The molecule has 0 heterocycles. The molecule has 0 spiro atoms. The molecule has 2 unspecified atom stereocenters. The standard InChI is InChI=1S/C52H99NO3/c1-3-5-7-9-11-13-15-17-18-19-20-21-22-23-24-25-26-27-28-29-30-31-32-33-34-35-36-38-40-42-44-46-48-52(56)53-50(49-54)51(55)47-45-43-41-39-37-16-14-12-10-8-6-4-2/h10,12,37,39,45,47,50-51,54-55H,3-9,11,13-36,38,40-44,46,48-49H2,1-2H3,(H,53,56)/b12-10+,39-37+,47-45+. The fourth-order valence-electron chi connectivity index (χ4n) is 7.73. The van der Waals surface area contributed by atoms with E-state index in [-0.39, 0.29) is 12.5 Å². The number of rotatable bonds is 46. The highest BCUT2D eigenvalue weighted by Gasteiger charge is 2.17. The Balaban J connectivity index is 3.41. The number of nitrogens with one attached hydrogen (secondary N) is 1. The van der Waals surface area contributed by atoms with Gasteiger partial charge in [-0.25, -0.2) is 0 Å². The minimum Gasteiger partial charge on any atom is -0.394 e. The van der Waals surface area contributed by atoms with Crippen LogP contribution in [0.25, 0.3) is 0 Å². The fourth-order valence-corrected chi connectivity index (χ4v) is 7.73. The van der Waals surface area contributed by atoms with Gasteiger partial charge in [0.2, 0.25) is 5.91 Å². The SMILES string of the molecule is CCCC/C=C/CC/C=C/CC/C=C/C(O)C(CO)NC(=O)CCCCCCCCCCCCCCCCCCCCCCCCCCCCCCCCCC. The molecule has 0 rings (SSSR count). The number of allylic oxidation sites excluding steroid dienone is 5. The number of hydrogen-bond donors (Lipinski definition) is 3. The molecule has 2 atom stereocenters. The molecule has 3 N–H and O–H groups in total. The molecular weight excluding hydrogens is 687 g/mol. The van der Waals surface area contributed by atoms with Gasteiger partial charge in [-0.15, -0.1) is 0 Å². The van der Waals surface area contributed by atoms with Gasteiger partial charge in [-0.05, 0) is 38.5 Å². The predicted octanol–water partition coefficient (Wildman–Crippen LogP) is 16.1. The van der Waals surface area contributed by atoms with Gasteiger partial charge in [-0.3, -0.25) is 4.79 Å². The summed E-state index contributed by atoms with van der Waals surface area (Å²) in [6.45, 7) is 4.26. The van der Waals surface area contributed by atoms with Crippen molar-refractivity contribution in [1.29, 1.82) is 0 Å². The van der Waals surface area contributed by atoms with E-state index in [0.29, 0.717) is 6.42 Å². The van der Waals surface area contributed by atoms with Gasteiger partial charge in [0.25, 0.3) is 0 Å². The van der Waals surface area contributed by atoms with Crippen molar-refractivity contribution in [3.63, 3.8) is 0 Å². The summed E-state index contributed by atoms with van der Waals surface area (Å²) in [5.74, 6) is -0.0752. The molecular formula is C52H99NO3. The lowest BCUT2D eigenvalue weighted by atomic mass is 10.0. The van der Waals surface area contributed by atoms with Gasteiger partial charge < -0.3 is 15.5 Å². The Kier molecular flexibility index (Phi) is 46.8. The van der Waals surface area contributed by atoms with Crippen LogP contribution in [0.1, 0.15) is 271 Å². The van der Waals surface area contributed by atoms with Crippen molar-refractivity contribution in [1.82, 2.24) is 5.32 Å². The van der Waals surface area contributed by atoms with Crippen LogP contribution >= 0.6 is 0 Å². The topological polar surface area (TPSA) is 69.6 Å². The first kappa shape index (κ1) is 54.6. The molecule has 0 saturated carbocycles. The first-order valence-corrected chi connectivity index (χ1v) is 25.2. The minimum atomic E-state index is -0.866. The Labute approximate surface area is 351 Å². The smallest absolute Gasteiger partial charge is 0.220 e. The Morgan fingerprint density at radius 1 is 0.411 bits per heavy atom. The number of hydrogen-bond acceptors (Lipinski definition) is 3. The third-order valence-electron chi connectivity index (χ3n) is 11.6. The molecule has 0 saturated heterocycles. The second-order valence-electron chi connectivity index (χ2n) is 17.2. The average molecular weight is 786 g/mol. The average Bonchev–Trinajstić information content (AvgIpc) is 3.20. The van der Waals surface area contributed by atoms with E-state index >= 15 is 0 Å². The summed E-state index contributed by atoms with van der Waals surface area (Å²) in [5.41, 5.74) is 0. The second-order valence-corrected chi connectivity index (χ2v) is 17.2. The molecule has 0 aromatic rings. The molecule has 4 heteroatoms. The third kappa shape index (κ3) is 43.7. The van der Waals surface area contributed by atoms with Crippen LogP contribution in [0.5, 0.6) is 0 Å². The second kappa shape index (κ2) is 48.0. The van der Waals surface area contributed by atoms with E-state index in [0.717, 1.165) is 38.5 Å². The lowest BCUT2D eigenvalue weighted by Gasteiger charge is -2.19. The van der Waals surface area contributed by atoms with E-state index in [9.17, 15) is 15.0 Å². The van der Waals surface area contributed by atoms with E-state index in [1.54, 1.807) is 6.08 Å². The monoisotopic (exact) mass is 786 g/mol.